The summed E-state index contributed by atoms with van der Waals surface area (Å²) in [6.07, 6.45) is 2.18. The number of benzodiazepines with no additional fused rings is 1. The second-order valence-electron chi connectivity index (χ2n) is 10.3. The summed E-state index contributed by atoms with van der Waals surface area (Å²) < 4.78 is 11.6. The molecule has 7 rings (SSSR count). The van der Waals surface area contributed by atoms with Gasteiger partial charge < -0.3 is 25.1 Å². The highest BCUT2D eigenvalue weighted by atomic mass is 32.1. The van der Waals surface area contributed by atoms with Gasteiger partial charge in [-0.1, -0.05) is 60.6 Å². The Kier molecular flexibility index (Phi) is 5.89. The number of para-hydroxylation sites is 1. The van der Waals surface area contributed by atoms with E-state index in [9.17, 15) is 4.79 Å². The summed E-state index contributed by atoms with van der Waals surface area (Å²) in [4.78, 5) is 22.9. The molecule has 1 aliphatic carbocycles. The number of carbonyl (C=O) groups is 1. The van der Waals surface area contributed by atoms with Gasteiger partial charge in [-0.15, -0.1) is 16.4 Å². The lowest BCUT2D eigenvalue weighted by Gasteiger charge is -2.11. The van der Waals surface area contributed by atoms with E-state index in [2.05, 4.69) is 33.1 Å². The van der Waals surface area contributed by atoms with Crippen LogP contribution in [0.15, 0.2) is 64.0 Å². The highest BCUT2D eigenvalue weighted by Gasteiger charge is 2.43. The van der Waals surface area contributed by atoms with E-state index >= 15 is 0 Å². The normalized spacial score (nSPS) is 21.5. The molecule has 0 radical (unpaired) electrons. The van der Waals surface area contributed by atoms with E-state index in [0.717, 1.165) is 47.0 Å². The molecule has 2 atom stereocenters. The first-order valence-electron chi connectivity index (χ1n) is 13.1. The number of hydrogen-bond acceptors (Lipinski definition) is 10. The molecule has 2 fully saturated rings. The van der Waals surface area contributed by atoms with Crippen LogP contribution in [0, 0.1) is 0 Å². The lowest BCUT2D eigenvalue weighted by atomic mass is 10.0. The Balaban J connectivity index is 1.20. The first kappa shape index (κ1) is 24.0. The van der Waals surface area contributed by atoms with Crippen molar-refractivity contribution in [3.63, 3.8) is 0 Å². The van der Waals surface area contributed by atoms with E-state index in [1.807, 2.05) is 54.6 Å². The summed E-state index contributed by atoms with van der Waals surface area (Å²) in [6.45, 7) is 3.62. The fourth-order valence-electron chi connectivity index (χ4n) is 4.73. The maximum Gasteiger partial charge on any atom is 0.317 e. The minimum atomic E-state index is -0.981. The quantitative estimate of drug-likeness (QED) is 0.308. The summed E-state index contributed by atoms with van der Waals surface area (Å²) >= 11 is 1.64. The van der Waals surface area contributed by atoms with Crippen LogP contribution in [-0.4, -0.2) is 52.2 Å². The highest BCUT2D eigenvalue weighted by Crippen LogP contribution is 2.51. The van der Waals surface area contributed by atoms with Crippen molar-refractivity contribution in [3.05, 3.63) is 70.7 Å². The fraction of sp³-hybridized carbons (Fsp3) is 0.321. The predicted molar refractivity (Wildman–Crippen MR) is 149 cm³/mol. The molecule has 10 nitrogen and oxygen atoms in total. The molecule has 3 aliphatic rings. The molecule has 4 aromatic rings. The van der Waals surface area contributed by atoms with Crippen molar-refractivity contribution in [1.82, 2.24) is 15.2 Å². The Morgan fingerprint density at radius 2 is 1.87 bits per heavy atom. The van der Waals surface area contributed by atoms with Crippen LogP contribution in [0.4, 0.5) is 16.7 Å². The van der Waals surface area contributed by atoms with Crippen LogP contribution in [0.2, 0.25) is 0 Å². The van der Waals surface area contributed by atoms with Crippen molar-refractivity contribution < 1.29 is 13.9 Å². The van der Waals surface area contributed by atoms with Gasteiger partial charge in [-0.05, 0) is 25.3 Å². The van der Waals surface area contributed by atoms with Gasteiger partial charge in [0.25, 0.3) is 11.8 Å². The first-order valence-corrected chi connectivity index (χ1v) is 13.9. The van der Waals surface area contributed by atoms with Gasteiger partial charge in [-0.25, -0.2) is 9.98 Å². The third-order valence-corrected chi connectivity index (χ3v) is 8.58. The van der Waals surface area contributed by atoms with Gasteiger partial charge in [0, 0.05) is 23.1 Å². The van der Waals surface area contributed by atoms with Crippen molar-refractivity contribution in [2.75, 3.05) is 29.2 Å². The minimum Gasteiger partial charge on any atom is -0.402 e. The average Bonchev–Trinajstić information content (AvgIpc) is 3.33. The Morgan fingerprint density at radius 3 is 2.67 bits per heavy atom. The molecule has 0 unspecified atom stereocenters. The van der Waals surface area contributed by atoms with E-state index in [-0.39, 0.29) is 29.3 Å². The summed E-state index contributed by atoms with van der Waals surface area (Å²) in [5.74, 6) is -0.0374. The molecular formula is C28H27N7O3S. The van der Waals surface area contributed by atoms with E-state index in [4.69, 9.17) is 19.1 Å². The van der Waals surface area contributed by atoms with E-state index < -0.39 is 6.17 Å². The van der Waals surface area contributed by atoms with Crippen LogP contribution in [0.3, 0.4) is 0 Å². The molecule has 1 amide bonds. The van der Waals surface area contributed by atoms with Crippen molar-refractivity contribution in [1.29, 1.82) is 0 Å². The topological polar surface area (TPSA) is 127 Å². The molecule has 39 heavy (non-hydrogen) atoms. The maximum absolute atomic E-state index is 13.2. The van der Waals surface area contributed by atoms with E-state index in [1.165, 1.54) is 0 Å². The van der Waals surface area contributed by atoms with Gasteiger partial charge in [0.2, 0.25) is 6.17 Å². The molecule has 4 heterocycles. The Labute approximate surface area is 228 Å². The molecule has 2 aromatic carbocycles. The lowest BCUT2D eigenvalue weighted by Crippen LogP contribution is -2.32. The third kappa shape index (κ3) is 4.68. The standard InChI is InChI=1S/C28H27N7O3S/c1-28(12-13-28)26-32-21(25(39-26)29-17-11-14-37-15-17)24-34-35-27(38-24)33-22-23(36)30-19-10-6-5-9-18(19)20(31-22)16-7-3-2-4-8-16/h2-10,17,22,29H,11-15H2,1H3,(H,30,36)(H,33,35)/t17-,22-/m1/s1. The number of amides is 1. The number of anilines is 3. The van der Waals surface area contributed by atoms with Crippen LogP contribution in [-0.2, 0) is 14.9 Å². The predicted octanol–water partition coefficient (Wildman–Crippen LogP) is 4.67. The summed E-state index contributed by atoms with van der Waals surface area (Å²) in [5, 5.41) is 20.0. The Bertz CT molecular complexity index is 1550. The van der Waals surface area contributed by atoms with E-state index in [0.29, 0.717) is 23.7 Å². The summed E-state index contributed by atoms with van der Waals surface area (Å²) in [6, 6.07) is 17.7. The summed E-state index contributed by atoms with van der Waals surface area (Å²) in [5.41, 5.74) is 3.84. The second-order valence-corrected chi connectivity index (χ2v) is 11.3. The van der Waals surface area contributed by atoms with Crippen LogP contribution in [0.1, 0.15) is 42.3 Å². The molecule has 3 N–H and O–H groups in total. The van der Waals surface area contributed by atoms with Gasteiger partial charge in [-0.2, -0.15) is 0 Å². The van der Waals surface area contributed by atoms with Gasteiger partial charge in [-0.3, -0.25) is 4.79 Å². The minimum absolute atomic E-state index is 0.0922. The molecule has 1 saturated heterocycles. The number of fused-ring (bicyclic) bond motifs is 1. The van der Waals surface area contributed by atoms with Crippen LogP contribution in [0.5, 0.6) is 0 Å². The number of aromatic nitrogens is 3. The number of benzene rings is 2. The van der Waals surface area contributed by atoms with Gasteiger partial charge in [0.15, 0.2) is 5.69 Å². The average molecular weight is 542 g/mol. The van der Waals surface area contributed by atoms with Crippen molar-refractivity contribution >= 4 is 39.7 Å². The molecule has 2 aliphatic heterocycles. The monoisotopic (exact) mass is 541 g/mol. The number of aliphatic imine (C=N–C) groups is 1. The Morgan fingerprint density at radius 1 is 1.05 bits per heavy atom. The third-order valence-electron chi connectivity index (χ3n) is 7.29. The van der Waals surface area contributed by atoms with Crippen molar-refractivity contribution in [2.24, 2.45) is 4.99 Å². The van der Waals surface area contributed by atoms with Gasteiger partial charge in [0.05, 0.1) is 24.0 Å². The molecule has 198 valence electrons. The van der Waals surface area contributed by atoms with E-state index in [1.54, 1.807) is 11.3 Å². The zero-order chi connectivity index (χ0) is 26.4. The summed E-state index contributed by atoms with van der Waals surface area (Å²) in [7, 11) is 0. The smallest absolute Gasteiger partial charge is 0.317 e. The second kappa shape index (κ2) is 9.58. The maximum atomic E-state index is 13.2. The van der Waals surface area contributed by atoms with Gasteiger partial charge in [0.1, 0.15) is 10.0 Å². The molecule has 11 heteroatoms. The zero-order valence-corrected chi connectivity index (χ0v) is 22.1. The zero-order valence-electron chi connectivity index (χ0n) is 21.3. The molecule has 0 spiro atoms. The molecule has 1 saturated carbocycles. The van der Waals surface area contributed by atoms with Crippen molar-refractivity contribution in [2.45, 2.75) is 43.8 Å². The number of thiazole rings is 1. The largest absolute Gasteiger partial charge is 0.402 e. The van der Waals surface area contributed by atoms with Crippen LogP contribution < -0.4 is 16.0 Å². The number of carbonyl (C=O) groups excluding carboxylic acids is 1. The highest BCUT2D eigenvalue weighted by molar-refractivity contribution is 7.16. The first-order chi connectivity index (χ1) is 19.1. The fourth-order valence-corrected chi connectivity index (χ4v) is 5.97. The number of hydrogen-bond donors (Lipinski definition) is 3. The molecule has 0 bridgehead atoms. The lowest BCUT2D eigenvalue weighted by molar-refractivity contribution is -0.116. The van der Waals surface area contributed by atoms with Crippen LogP contribution >= 0.6 is 11.3 Å². The number of rotatable bonds is 7. The van der Waals surface area contributed by atoms with Crippen molar-refractivity contribution in [3.8, 4) is 11.6 Å². The number of ether oxygens (including phenoxy) is 1. The SMILES string of the molecule is CC1(c2nc(-c3nnc(N[C@H]4N=C(c5ccccc5)c5ccccc5NC4=O)o3)c(N[C@@H]3CCOC3)s2)CC1. The number of nitrogens with zero attached hydrogens (tertiary/aromatic N) is 4. The number of nitrogens with one attached hydrogen (secondary N) is 3. The van der Waals surface area contributed by atoms with Crippen LogP contribution in [0.25, 0.3) is 11.6 Å². The molecule has 2 aromatic heterocycles. The Hall–Kier alpha value is -4.09. The van der Waals surface area contributed by atoms with Gasteiger partial charge >= 0.3 is 6.01 Å². The molecular weight excluding hydrogens is 514 g/mol.